The van der Waals surface area contributed by atoms with E-state index in [0.29, 0.717) is 11.3 Å². The SMILES string of the molecule is CN1c2ccccc2C(NCCCCCCC(=O)O)c2ccc(Br)cc2S1(O)O. The van der Waals surface area contributed by atoms with Gasteiger partial charge in [-0.3, -0.25) is 18.2 Å². The molecule has 0 radical (unpaired) electrons. The molecule has 4 N–H and O–H groups in total. The van der Waals surface area contributed by atoms with Crippen LogP contribution in [0.3, 0.4) is 0 Å². The lowest BCUT2D eigenvalue weighted by Gasteiger charge is -2.41. The summed E-state index contributed by atoms with van der Waals surface area (Å²) in [4.78, 5) is 11.1. The van der Waals surface area contributed by atoms with E-state index < -0.39 is 16.7 Å². The smallest absolute Gasteiger partial charge is 0.303 e. The fourth-order valence-electron chi connectivity index (χ4n) is 3.68. The van der Waals surface area contributed by atoms with Crippen molar-refractivity contribution in [1.82, 2.24) is 5.32 Å². The summed E-state index contributed by atoms with van der Waals surface area (Å²) in [6, 6.07) is 13.3. The van der Waals surface area contributed by atoms with E-state index in [4.69, 9.17) is 5.11 Å². The van der Waals surface area contributed by atoms with Crippen LogP contribution in [0.4, 0.5) is 5.69 Å². The zero-order valence-corrected chi connectivity index (χ0v) is 18.7. The number of aliphatic carboxylic acids is 1. The second kappa shape index (κ2) is 9.49. The molecular formula is C21H27BrN2O4S. The van der Waals surface area contributed by atoms with Gasteiger partial charge < -0.3 is 10.4 Å². The molecule has 0 saturated carbocycles. The van der Waals surface area contributed by atoms with Crippen molar-refractivity contribution in [2.45, 2.75) is 43.0 Å². The summed E-state index contributed by atoms with van der Waals surface area (Å²) >= 11 is 3.45. The fourth-order valence-corrected chi connectivity index (χ4v) is 5.71. The van der Waals surface area contributed by atoms with Gasteiger partial charge in [-0.2, -0.15) is 0 Å². The molecule has 2 aromatic carbocycles. The minimum Gasteiger partial charge on any atom is -0.481 e. The van der Waals surface area contributed by atoms with Gasteiger partial charge in [0, 0.05) is 17.9 Å². The average molecular weight is 483 g/mol. The van der Waals surface area contributed by atoms with Crippen LogP contribution in [0.25, 0.3) is 0 Å². The Balaban J connectivity index is 1.83. The number of nitrogens with one attached hydrogen (secondary N) is 1. The van der Waals surface area contributed by atoms with Crippen molar-refractivity contribution < 1.29 is 19.0 Å². The van der Waals surface area contributed by atoms with Crippen molar-refractivity contribution >= 4 is 38.4 Å². The molecule has 0 fully saturated rings. The van der Waals surface area contributed by atoms with Crippen molar-refractivity contribution in [3.63, 3.8) is 0 Å². The van der Waals surface area contributed by atoms with Crippen LogP contribution in [0.15, 0.2) is 51.8 Å². The number of rotatable bonds is 8. The highest BCUT2D eigenvalue weighted by molar-refractivity contribution is 9.10. The number of halogens is 1. The van der Waals surface area contributed by atoms with E-state index in [1.165, 1.54) is 0 Å². The Labute approximate surface area is 181 Å². The molecule has 8 heteroatoms. The van der Waals surface area contributed by atoms with Crippen LogP contribution >= 0.6 is 26.7 Å². The van der Waals surface area contributed by atoms with Crippen LogP contribution in [0, 0.1) is 0 Å². The summed E-state index contributed by atoms with van der Waals surface area (Å²) < 4.78 is 24.5. The lowest BCUT2D eigenvalue weighted by atomic mass is 9.96. The molecule has 2 aromatic rings. The van der Waals surface area contributed by atoms with Crippen molar-refractivity contribution in [2.75, 3.05) is 17.9 Å². The van der Waals surface area contributed by atoms with Crippen LogP contribution in [-0.4, -0.2) is 33.8 Å². The Morgan fingerprint density at radius 1 is 1.10 bits per heavy atom. The molecule has 3 rings (SSSR count). The van der Waals surface area contributed by atoms with E-state index >= 15 is 0 Å². The van der Waals surface area contributed by atoms with E-state index in [0.717, 1.165) is 47.1 Å². The number of hydrogen-bond acceptors (Lipinski definition) is 5. The minimum atomic E-state index is -3.17. The van der Waals surface area contributed by atoms with Crippen molar-refractivity contribution in [1.29, 1.82) is 0 Å². The molecule has 1 aliphatic rings. The number of nitrogens with zero attached hydrogens (tertiary/aromatic N) is 1. The molecule has 0 spiro atoms. The van der Waals surface area contributed by atoms with Gasteiger partial charge in [0.05, 0.1) is 16.6 Å². The van der Waals surface area contributed by atoms with E-state index in [1.807, 2.05) is 36.4 Å². The molecule has 1 aliphatic heterocycles. The average Bonchev–Trinajstić information content (AvgIpc) is 2.75. The highest BCUT2D eigenvalue weighted by Gasteiger charge is 2.35. The number of carboxylic acids is 1. The zero-order chi connectivity index (χ0) is 21.0. The van der Waals surface area contributed by atoms with E-state index in [1.54, 1.807) is 17.4 Å². The van der Waals surface area contributed by atoms with Crippen LogP contribution in [0.2, 0.25) is 0 Å². The molecule has 0 aromatic heterocycles. The third kappa shape index (κ3) is 4.95. The number of fused-ring (bicyclic) bond motifs is 2. The third-order valence-electron chi connectivity index (χ3n) is 5.22. The standard InChI is InChI=1S/C21H27BrN2O4S/c1-24-18-9-6-5-8-16(18)21(23-13-7-3-2-4-10-20(25)26)17-12-11-15(22)14-19(17)29(24,27)28/h5-6,8-9,11-12,14,21,23,27-28H,2-4,7,10,13H2,1H3,(H,25,26). The summed E-state index contributed by atoms with van der Waals surface area (Å²) in [5.74, 6) is -0.746. The predicted molar refractivity (Wildman–Crippen MR) is 121 cm³/mol. The van der Waals surface area contributed by atoms with Crippen molar-refractivity contribution in [2.24, 2.45) is 0 Å². The Morgan fingerprint density at radius 3 is 2.59 bits per heavy atom. The highest BCUT2D eigenvalue weighted by atomic mass is 79.9. The van der Waals surface area contributed by atoms with Gasteiger partial charge >= 0.3 is 5.97 Å². The molecule has 0 amide bonds. The normalized spacial score (nSPS) is 18.5. The van der Waals surface area contributed by atoms with Gasteiger partial charge in [-0.15, -0.1) is 0 Å². The molecule has 0 bridgehead atoms. The quantitative estimate of drug-likeness (QED) is 0.364. The van der Waals surface area contributed by atoms with Crippen molar-refractivity contribution in [3.8, 4) is 0 Å². The molecule has 6 nitrogen and oxygen atoms in total. The molecule has 1 unspecified atom stereocenters. The maximum Gasteiger partial charge on any atom is 0.303 e. The Kier molecular flexibility index (Phi) is 7.23. The predicted octanol–water partition coefficient (Wildman–Crippen LogP) is 5.64. The van der Waals surface area contributed by atoms with E-state index in [9.17, 15) is 13.9 Å². The number of anilines is 1. The first-order chi connectivity index (χ1) is 13.8. The molecular weight excluding hydrogens is 456 g/mol. The number of carbonyl (C=O) groups is 1. The summed E-state index contributed by atoms with van der Waals surface area (Å²) in [7, 11) is -1.46. The van der Waals surface area contributed by atoms with Crippen LogP contribution in [-0.2, 0) is 4.79 Å². The first kappa shape index (κ1) is 22.1. The van der Waals surface area contributed by atoms with Crippen LogP contribution in [0.5, 0.6) is 0 Å². The minimum absolute atomic E-state index is 0.163. The summed E-state index contributed by atoms with van der Waals surface area (Å²) in [5, 5.41) is 12.3. The monoisotopic (exact) mass is 482 g/mol. The van der Waals surface area contributed by atoms with Gasteiger partial charge in [-0.1, -0.05) is 63.8 Å². The molecule has 29 heavy (non-hydrogen) atoms. The molecule has 1 atom stereocenters. The van der Waals surface area contributed by atoms with Gasteiger partial charge in [-0.25, -0.2) is 0 Å². The number of unbranched alkanes of at least 4 members (excludes halogenated alkanes) is 3. The number of carboxylic acid groups (broad SMARTS) is 1. The van der Waals surface area contributed by atoms with Gasteiger partial charge in [-0.05, 0) is 48.7 Å². The number of para-hydroxylation sites is 1. The van der Waals surface area contributed by atoms with E-state index in [2.05, 4.69) is 21.2 Å². The lowest BCUT2D eigenvalue weighted by Crippen LogP contribution is -2.24. The fraction of sp³-hybridized carbons (Fsp3) is 0.381. The maximum atomic E-state index is 11.0. The van der Waals surface area contributed by atoms with E-state index in [-0.39, 0.29) is 12.5 Å². The molecule has 1 heterocycles. The topological polar surface area (TPSA) is 93.0 Å². The first-order valence-corrected chi connectivity index (χ1v) is 12.0. The first-order valence-electron chi connectivity index (χ1n) is 9.68. The summed E-state index contributed by atoms with van der Waals surface area (Å²) in [5.41, 5.74) is 2.65. The number of benzene rings is 2. The van der Waals surface area contributed by atoms with Gasteiger partial charge in [0.1, 0.15) is 0 Å². The van der Waals surface area contributed by atoms with Gasteiger partial charge in [0.2, 0.25) is 0 Å². The second-order valence-electron chi connectivity index (χ2n) is 7.20. The Hall–Kier alpha value is -1.58. The Morgan fingerprint density at radius 2 is 1.83 bits per heavy atom. The largest absolute Gasteiger partial charge is 0.481 e. The Bertz CT molecular complexity index is 878. The van der Waals surface area contributed by atoms with Crippen molar-refractivity contribution in [3.05, 3.63) is 58.1 Å². The third-order valence-corrected chi connectivity index (χ3v) is 7.61. The molecule has 0 aliphatic carbocycles. The van der Waals surface area contributed by atoms with Gasteiger partial charge in [0.15, 0.2) is 0 Å². The molecule has 0 saturated heterocycles. The zero-order valence-electron chi connectivity index (χ0n) is 16.3. The van der Waals surface area contributed by atoms with Gasteiger partial charge in [0.25, 0.3) is 0 Å². The second-order valence-corrected chi connectivity index (χ2v) is 10.1. The van der Waals surface area contributed by atoms with Crippen LogP contribution in [0.1, 0.15) is 49.3 Å². The maximum absolute atomic E-state index is 11.0. The highest BCUT2D eigenvalue weighted by Crippen LogP contribution is 2.59. The summed E-state index contributed by atoms with van der Waals surface area (Å²) in [6.07, 6.45) is 3.69. The molecule has 158 valence electrons. The number of hydrogen-bond donors (Lipinski definition) is 4. The van der Waals surface area contributed by atoms with Crippen LogP contribution < -0.4 is 9.62 Å². The summed E-state index contributed by atoms with van der Waals surface area (Å²) in [6.45, 7) is 0.754. The lowest BCUT2D eigenvalue weighted by molar-refractivity contribution is -0.137.